The van der Waals surface area contributed by atoms with Crippen molar-refractivity contribution in [1.29, 1.82) is 0 Å². The summed E-state index contributed by atoms with van der Waals surface area (Å²) in [6, 6.07) is 9.40. The van der Waals surface area contributed by atoms with Crippen LogP contribution in [-0.2, 0) is 23.4 Å². The summed E-state index contributed by atoms with van der Waals surface area (Å²) in [6.45, 7) is 5.55. The number of aliphatic hydroxyl groups excluding tert-OH is 1. The van der Waals surface area contributed by atoms with Crippen molar-refractivity contribution in [3.63, 3.8) is 0 Å². The molecule has 1 aliphatic heterocycles. The third kappa shape index (κ3) is 6.66. The quantitative estimate of drug-likeness (QED) is 0.178. The minimum Gasteiger partial charge on any atom is -0.458 e. The molecule has 0 amide bonds. The summed E-state index contributed by atoms with van der Waals surface area (Å²) in [5.41, 5.74) is 9.17. The summed E-state index contributed by atoms with van der Waals surface area (Å²) in [4.78, 5) is 28.4. The standard InChI is InChI=1S/C24H30N5O8P/c1-5-12-24(26)20(30)18(36-22(24)29-13-11-19(25)27-23(29)32)14-34-38(33,37-17-9-7-6-8-10-17)28-16(4)21(31)35-15(2)3/h6-11,13,15,18,20,22,30H,14,26H2,1-4H3,(H2,25,27,32)/b28-16+/t18-,20?,22-,24?,38+/m1/s1. The Labute approximate surface area is 219 Å². The van der Waals surface area contributed by atoms with Gasteiger partial charge in [0.15, 0.2) is 11.8 Å². The first-order chi connectivity index (χ1) is 17.9. The van der Waals surface area contributed by atoms with E-state index >= 15 is 0 Å². The molecule has 1 aliphatic rings. The normalized spacial score (nSPS) is 24.8. The van der Waals surface area contributed by atoms with Crippen molar-refractivity contribution in [2.75, 3.05) is 12.3 Å². The molecule has 38 heavy (non-hydrogen) atoms. The number of nitrogen functional groups attached to an aromatic ring is 1. The Kier molecular flexibility index (Phi) is 9.09. The van der Waals surface area contributed by atoms with E-state index in [9.17, 15) is 19.3 Å². The number of nitrogens with zero attached hydrogens (tertiary/aromatic N) is 3. The fourth-order valence-electron chi connectivity index (χ4n) is 3.57. The molecule has 5 N–H and O–H groups in total. The molecule has 204 valence electrons. The van der Waals surface area contributed by atoms with Crippen LogP contribution in [0.2, 0.25) is 0 Å². The van der Waals surface area contributed by atoms with Crippen molar-refractivity contribution in [3.05, 3.63) is 53.1 Å². The molecular formula is C24H30N5O8P. The zero-order valence-electron chi connectivity index (χ0n) is 21.3. The van der Waals surface area contributed by atoms with Crippen LogP contribution in [0.5, 0.6) is 5.75 Å². The van der Waals surface area contributed by atoms with Gasteiger partial charge in [0, 0.05) is 6.20 Å². The number of benzene rings is 1. The van der Waals surface area contributed by atoms with Crippen LogP contribution < -0.4 is 21.7 Å². The average molecular weight is 548 g/mol. The molecule has 0 bridgehead atoms. The largest absolute Gasteiger partial charge is 0.508 e. The van der Waals surface area contributed by atoms with Gasteiger partial charge in [-0.05, 0) is 45.9 Å². The van der Waals surface area contributed by atoms with Crippen LogP contribution in [0.4, 0.5) is 5.82 Å². The van der Waals surface area contributed by atoms with E-state index in [2.05, 4.69) is 21.6 Å². The Morgan fingerprint density at radius 3 is 2.63 bits per heavy atom. The highest BCUT2D eigenvalue weighted by Gasteiger charge is 2.55. The molecule has 14 heteroatoms. The number of carbonyl (C=O) groups is 1. The van der Waals surface area contributed by atoms with E-state index in [1.165, 1.54) is 38.2 Å². The summed E-state index contributed by atoms with van der Waals surface area (Å²) >= 11 is 0. The number of aromatic nitrogens is 2. The lowest BCUT2D eigenvalue weighted by Crippen LogP contribution is -2.55. The summed E-state index contributed by atoms with van der Waals surface area (Å²) in [5, 5.41) is 11.0. The molecule has 1 aromatic heterocycles. The predicted molar refractivity (Wildman–Crippen MR) is 138 cm³/mol. The minimum atomic E-state index is -4.42. The highest BCUT2D eigenvalue weighted by atomic mass is 31.2. The van der Waals surface area contributed by atoms with Gasteiger partial charge in [0.2, 0.25) is 0 Å². The summed E-state index contributed by atoms with van der Waals surface area (Å²) in [7, 11) is -4.42. The molecule has 13 nitrogen and oxygen atoms in total. The molecule has 5 atom stereocenters. The smallest absolute Gasteiger partial charge is 0.458 e. The first-order valence-electron chi connectivity index (χ1n) is 11.6. The average Bonchev–Trinajstić information content (AvgIpc) is 3.08. The highest BCUT2D eigenvalue weighted by Crippen LogP contribution is 2.51. The lowest BCUT2D eigenvalue weighted by atomic mass is 9.91. The number of rotatable bonds is 9. The maximum Gasteiger partial charge on any atom is 0.508 e. The minimum absolute atomic E-state index is 0.0166. The Morgan fingerprint density at radius 2 is 2.03 bits per heavy atom. The number of aliphatic hydroxyl groups is 1. The molecule has 0 aliphatic carbocycles. The molecule has 2 aromatic rings. The second-order valence-electron chi connectivity index (χ2n) is 8.63. The van der Waals surface area contributed by atoms with Crippen LogP contribution in [0.3, 0.4) is 0 Å². The van der Waals surface area contributed by atoms with E-state index in [1.54, 1.807) is 32.0 Å². The van der Waals surface area contributed by atoms with Crippen LogP contribution in [0.15, 0.2) is 52.2 Å². The number of para-hydroxylation sites is 1. The van der Waals surface area contributed by atoms with E-state index < -0.39 is 56.1 Å². The van der Waals surface area contributed by atoms with E-state index in [-0.39, 0.29) is 17.3 Å². The lowest BCUT2D eigenvalue weighted by Gasteiger charge is -2.27. The van der Waals surface area contributed by atoms with E-state index in [0.717, 1.165) is 4.57 Å². The van der Waals surface area contributed by atoms with Crippen molar-refractivity contribution < 1.29 is 33.0 Å². The van der Waals surface area contributed by atoms with Gasteiger partial charge in [-0.1, -0.05) is 24.1 Å². The summed E-state index contributed by atoms with van der Waals surface area (Å²) in [5.74, 6) is 4.63. The van der Waals surface area contributed by atoms with Crippen molar-refractivity contribution in [1.82, 2.24) is 9.55 Å². The number of hydrogen-bond donors (Lipinski definition) is 3. The Morgan fingerprint density at radius 1 is 1.34 bits per heavy atom. The second-order valence-corrected chi connectivity index (χ2v) is 10.2. The fourth-order valence-corrected chi connectivity index (χ4v) is 4.89. The van der Waals surface area contributed by atoms with Gasteiger partial charge in [-0.25, -0.2) is 14.2 Å². The van der Waals surface area contributed by atoms with E-state index in [0.29, 0.717) is 0 Å². The zero-order chi connectivity index (χ0) is 28.1. The summed E-state index contributed by atoms with van der Waals surface area (Å²) < 4.78 is 40.6. The molecular weight excluding hydrogens is 517 g/mol. The Bertz CT molecular complexity index is 1350. The van der Waals surface area contributed by atoms with Crippen LogP contribution in [0.1, 0.15) is 33.9 Å². The van der Waals surface area contributed by atoms with Crippen LogP contribution in [0.25, 0.3) is 0 Å². The third-order valence-electron chi connectivity index (χ3n) is 5.28. The zero-order valence-corrected chi connectivity index (χ0v) is 22.2. The molecule has 0 spiro atoms. The molecule has 0 radical (unpaired) electrons. The topological polar surface area (TPSA) is 191 Å². The van der Waals surface area contributed by atoms with E-state index in [4.69, 9.17) is 30.0 Å². The van der Waals surface area contributed by atoms with Crippen LogP contribution in [0, 0.1) is 11.8 Å². The number of nitrogens with two attached hydrogens (primary N) is 2. The van der Waals surface area contributed by atoms with Crippen molar-refractivity contribution in [2.24, 2.45) is 10.5 Å². The molecule has 1 saturated heterocycles. The van der Waals surface area contributed by atoms with Gasteiger partial charge >= 0.3 is 19.4 Å². The Hall–Kier alpha value is -3.53. The van der Waals surface area contributed by atoms with Crippen molar-refractivity contribution in [3.8, 4) is 17.6 Å². The van der Waals surface area contributed by atoms with Gasteiger partial charge in [0.1, 0.15) is 29.5 Å². The number of hydrogen-bond acceptors (Lipinski definition) is 11. The monoisotopic (exact) mass is 547 g/mol. The van der Waals surface area contributed by atoms with Gasteiger partial charge in [0.25, 0.3) is 0 Å². The SMILES string of the molecule is CC#CC1(N)C(O)[C@@H](CO[P@@](=O)(/N=C(\C)C(=O)OC(C)C)Oc2ccccc2)O[C@H]1n1ccc(N)nc1=O. The van der Waals surface area contributed by atoms with Crippen molar-refractivity contribution >= 4 is 25.2 Å². The fraction of sp³-hybridized carbons (Fsp3) is 0.417. The van der Waals surface area contributed by atoms with Gasteiger partial charge in [-0.2, -0.15) is 9.75 Å². The lowest BCUT2D eigenvalue weighted by molar-refractivity contribution is -0.139. The van der Waals surface area contributed by atoms with Gasteiger partial charge in [-0.3, -0.25) is 9.09 Å². The number of anilines is 1. The van der Waals surface area contributed by atoms with Gasteiger partial charge in [-0.15, -0.1) is 5.92 Å². The highest BCUT2D eigenvalue weighted by molar-refractivity contribution is 7.53. The van der Waals surface area contributed by atoms with Crippen LogP contribution >= 0.6 is 7.75 Å². The number of carbonyl (C=O) groups excluding carboxylic acids is 1. The van der Waals surface area contributed by atoms with Crippen molar-refractivity contribution in [2.45, 2.75) is 57.8 Å². The maximum atomic E-state index is 13.7. The molecule has 2 heterocycles. The molecule has 1 fully saturated rings. The first kappa shape index (κ1) is 29.0. The molecule has 3 rings (SSSR count). The number of esters is 1. The van der Waals surface area contributed by atoms with E-state index in [1.807, 2.05) is 0 Å². The first-order valence-corrected chi connectivity index (χ1v) is 13.1. The molecule has 0 saturated carbocycles. The second kappa shape index (κ2) is 11.9. The summed E-state index contributed by atoms with van der Waals surface area (Å²) in [6.07, 6.45) is -3.17. The van der Waals surface area contributed by atoms with Gasteiger partial charge < -0.3 is 30.6 Å². The third-order valence-corrected chi connectivity index (χ3v) is 6.74. The number of ether oxygens (including phenoxy) is 2. The van der Waals surface area contributed by atoms with Crippen LogP contribution in [-0.4, -0.2) is 56.8 Å². The predicted octanol–water partition coefficient (Wildman–Crippen LogP) is 1.42. The maximum absolute atomic E-state index is 13.7. The Balaban J connectivity index is 1.91. The molecule has 2 unspecified atom stereocenters. The molecule has 1 aromatic carbocycles. The van der Waals surface area contributed by atoms with Gasteiger partial charge in [0.05, 0.1) is 12.7 Å².